The Morgan fingerprint density at radius 2 is 1.78 bits per heavy atom. The molecule has 0 atom stereocenters. The Morgan fingerprint density at radius 1 is 1.04 bits per heavy atom. The summed E-state index contributed by atoms with van der Waals surface area (Å²) in [5.41, 5.74) is 4.42. The zero-order valence-corrected chi connectivity index (χ0v) is 15.6. The molecule has 0 saturated heterocycles. The molecule has 1 aliphatic heterocycles. The van der Waals surface area contributed by atoms with Crippen molar-refractivity contribution in [1.82, 2.24) is 5.32 Å². The number of hydrogen-bond acceptors (Lipinski definition) is 2. The summed E-state index contributed by atoms with van der Waals surface area (Å²) < 4.78 is 0. The number of urea groups is 1. The molecule has 0 spiro atoms. The lowest BCUT2D eigenvalue weighted by molar-refractivity contribution is 0.0937. The molecule has 1 fully saturated rings. The number of carbonyl (C=O) groups is 2. The molecule has 140 valence electrons. The number of carbonyl (C=O) groups excluding carboxylic acids is 2. The second kappa shape index (κ2) is 7.43. The van der Waals surface area contributed by atoms with E-state index in [1.54, 1.807) is 4.90 Å². The van der Waals surface area contributed by atoms with Crippen molar-refractivity contribution in [3.05, 3.63) is 59.2 Å². The average Bonchev–Trinajstić information content (AvgIpc) is 3.32. The minimum atomic E-state index is -0.161. The summed E-state index contributed by atoms with van der Waals surface area (Å²) in [6, 6.07) is 13.5. The van der Waals surface area contributed by atoms with Crippen LogP contribution in [0.1, 0.15) is 47.2 Å². The first-order chi connectivity index (χ1) is 13.1. The molecule has 27 heavy (non-hydrogen) atoms. The van der Waals surface area contributed by atoms with Gasteiger partial charge in [0.05, 0.1) is 0 Å². The Morgan fingerprint density at radius 3 is 2.52 bits per heavy atom. The van der Waals surface area contributed by atoms with Crippen LogP contribution >= 0.6 is 0 Å². The summed E-state index contributed by atoms with van der Waals surface area (Å²) in [6.45, 7) is 2.60. The van der Waals surface area contributed by atoms with Gasteiger partial charge in [-0.2, -0.15) is 0 Å². The minimum Gasteiger partial charge on any atom is -0.349 e. The van der Waals surface area contributed by atoms with Gasteiger partial charge >= 0.3 is 6.03 Å². The second-order valence-corrected chi connectivity index (χ2v) is 7.46. The molecule has 0 unspecified atom stereocenters. The van der Waals surface area contributed by atoms with Crippen LogP contribution in [0.5, 0.6) is 0 Å². The highest BCUT2D eigenvalue weighted by molar-refractivity contribution is 6.05. The average molecular weight is 363 g/mol. The van der Waals surface area contributed by atoms with Gasteiger partial charge < -0.3 is 10.6 Å². The fraction of sp³-hybridized carbons (Fsp3) is 0.364. The number of fused-ring (bicyclic) bond motifs is 1. The van der Waals surface area contributed by atoms with E-state index in [0.717, 1.165) is 35.3 Å². The van der Waals surface area contributed by atoms with Crippen LogP contribution in [0.3, 0.4) is 0 Å². The number of rotatable bonds is 3. The van der Waals surface area contributed by atoms with Crippen molar-refractivity contribution in [1.29, 1.82) is 0 Å². The molecule has 2 aliphatic rings. The summed E-state index contributed by atoms with van der Waals surface area (Å²) in [5, 5.41) is 6.10. The lowest BCUT2D eigenvalue weighted by Crippen LogP contribution is -2.33. The summed E-state index contributed by atoms with van der Waals surface area (Å²) in [7, 11) is 0. The lowest BCUT2D eigenvalue weighted by Gasteiger charge is -2.19. The van der Waals surface area contributed by atoms with Crippen LogP contribution in [0.25, 0.3) is 0 Å². The molecular formula is C22H25N3O2. The van der Waals surface area contributed by atoms with Gasteiger partial charge in [0.25, 0.3) is 5.91 Å². The monoisotopic (exact) mass is 363 g/mol. The van der Waals surface area contributed by atoms with E-state index in [-0.39, 0.29) is 18.0 Å². The molecule has 0 radical (unpaired) electrons. The van der Waals surface area contributed by atoms with Gasteiger partial charge in [-0.05, 0) is 56.0 Å². The van der Waals surface area contributed by atoms with Crippen LogP contribution in [0.2, 0.25) is 0 Å². The molecule has 0 bridgehead atoms. The van der Waals surface area contributed by atoms with E-state index in [1.807, 2.05) is 49.4 Å². The molecule has 3 amide bonds. The number of anilines is 2. The molecule has 1 aliphatic carbocycles. The summed E-state index contributed by atoms with van der Waals surface area (Å²) in [5.74, 6) is -0.0143. The van der Waals surface area contributed by atoms with E-state index >= 15 is 0 Å². The van der Waals surface area contributed by atoms with Gasteiger partial charge in [0, 0.05) is 29.5 Å². The first-order valence-electron chi connectivity index (χ1n) is 9.70. The number of nitrogens with one attached hydrogen (secondary N) is 2. The topological polar surface area (TPSA) is 61.4 Å². The predicted molar refractivity (Wildman–Crippen MR) is 107 cm³/mol. The van der Waals surface area contributed by atoms with Gasteiger partial charge in [-0.3, -0.25) is 9.69 Å². The Kier molecular flexibility index (Phi) is 4.84. The maximum atomic E-state index is 12.7. The fourth-order valence-corrected chi connectivity index (χ4v) is 4.02. The second-order valence-electron chi connectivity index (χ2n) is 7.46. The molecule has 2 aromatic carbocycles. The first-order valence-corrected chi connectivity index (χ1v) is 9.70. The minimum absolute atomic E-state index is 0.0143. The Labute approximate surface area is 159 Å². The molecular weight excluding hydrogens is 338 g/mol. The zero-order valence-electron chi connectivity index (χ0n) is 15.6. The Hall–Kier alpha value is -2.82. The number of aryl methyl sites for hydroxylation is 1. The summed E-state index contributed by atoms with van der Waals surface area (Å²) in [6.07, 6.45) is 5.19. The number of hydrogen-bond donors (Lipinski definition) is 2. The van der Waals surface area contributed by atoms with Crippen molar-refractivity contribution in [2.24, 2.45) is 0 Å². The third kappa shape index (κ3) is 3.68. The molecule has 2 N–H and O–H groups in total. The molecule has 5 nitrogen and oxygen atoms in total. The van der Waals surface area contributed by atoms with E-state index in [4.69, 9.17) is 0 Å². The van der Waals surface area contributed by atoms with E-state index < -0.39 is 0 Å². The lowest BCUT2D eigenvalue weighted by atomic mass is 10.0. The van der Waals surface area contributed by atoms with E-state index in [1.165, 1.54) is 12.8 Å². The van der Waals surface area contributed by atoms with Crippen LogP contribution in [0, 0.1) is 6.92 Å². The normalized spacial score (nSPS) is 16.3. The van der Waals surface area contributed by atoms with Crippen LogP contribution in [-0.2, 0) is 6.42 Å². The van der Waals surface area contributed by atoms with Crippen molar-refractivity contribution in [3.8, 4) is 0 Å². The Bertz CT molecular complexity index is 854. The van der Waals surface area contributed by atoms with Crippen LogP contribution in [0.4, 0.5) is 16.2 Å². The van der Waals surface area contributed by atoms with Crippen LogP contribution < -0.4 is 15.5 Å². The number of amides is 3. The standard InChI is InChI=1S/C22H25N3O2/c1-15-9-11-17(12-10-15)24-22(27)25-14-13-18-19(7-4-8-20(18)25)21(26)23-16-5-2-3-6-16/h4,7-12,16H,2-3,5-6,13-14H2,1H3,(H,23,26)(H,24,27). The smallest absolute Gasteiger partial charge is 0.326 e. The Balaban J connectivity index is 1.50. The largest absolute Gasteiger partial charge is 0.349 e. The summed E-state index contributed by atoms with van der Waals surface area (Å²) >= 11 is 0. The number of nitrogens with zero attached hydrogens (tertiary/aromatic N) is 1. The third-order valence-electron chi connectivity index (χ3n) is 5.51. The molecule has 4 rings (SSSR count). The van der Waals surface area contributed by atoms with Gasteiger partial charge in [0.2, 0.25) is 0 Å². The molecule has 0 aromatic heterocycles. The van der Waals surface area contributed by atoms with Crippen molar-refractivity contribution in [2.75, 3.05) is 16.8 Å². The van der Waals surface area contributed by atoms with Gasteiger partial charge in [-0.15, -0.1) is 0 Å². The van der Waals surface area contributed by atoms with Crippen LogP contribution in [-0.4, -0.2) is 24.5 Å². The van der Waals surface area contributed by atoms with Gasteiger partial charge in [-0.25, -0.2) is 4.79 Å². The number of benzene rings is 2. The molecule has 1 saturated carbocycles. The van der Waals surface area contributed by atoms with Crippen LogP contribution in [0.15, 0.2) is 42.5 Å². The SMILES string of the molecule is Cc1ccc(NC(=O)N2CCc3c(C(=O)NC4CCCC4)cccc32)cc1. The highest BCUT2D eigenvalue weighted by atomic mass is 16.2. The van der Waals surface area contributed by atoms with Gasteiger partial charge in [0.1, 0.15) is 0 Å². The quantitative estimate of drug-likeness (QED) is 0.856. The van der Waals surface area contributed by atoms with Crippen molar-refractivity contribution < 1.29 is 9.59 Å². The zero-order chi connectivity index (χ0) is 18.8. The van der Waals surface area contributed by atoms with Crippen molar-refractivity contribution in [2.45, 2.75) is 45.1 Å². The van der Waals surface area contributed by atoms with E-state index in [2.05, 4.69) is 10.6 Å². The maximum Gasteiger partial charge on any atom is 0.326 e. The van der Waals surface area contributed by atoms with E-state index in [9.17, 15) is 9.59 Å². The molecule has 5 heteroatoms. The fourth-order valence-electron chi connectivity index (χ4n) is 4.02. The van der Waals surface area contributed by atoms with Crippen molar-refractivity contribution >= 4 is 23.3 Å². The van der Waals surface area contributed by atoms with Gasteiger partial charge in [0.15, 0.2) is 0 Å². The highest BCUT2D eigenvalue weighted by Crippen LogP contribution is 2.31. The van der Waals surface area contributed by atoms with E-state index in [0.29, 0.717) is 18.5 Å². The predicted octanol–water partition coefficient (Wildman–Crippen LogP) is 4.26. The molecule has 2 aromatic rings. The summed E-state index contributed by atoms with van der Waals surface area (Å²) in [4.78, 5) is 27.2. The van der Waals surface area contributed by atoms with Crippen molar-refractivity contribution in [3.63, 3.8) is 0 Å². The third-order valence-corrected chi connectivity index (χ3v) is 5.51. The maximum absolute atomic E-state index is 12.7. The van der Waals surface area contributed by atoms with Gasteiger partial charge in [-0.1, -0.05) is 36.6 Å². The molecule has 1 heterocycles. The first kappa shape index (κ1) is 17.6. The highest BCUT2D eigenvalue weighted by Gasteiger charge is 2.29.